The number of benzene rings is 1. The number of nitrogens with one attached hydrogen (secondary N) is 1. The number of amides is 1. The van der Waals surface area contributed by atoms with Gasteiger partial charge in [0.15, 0.2) is 5.13 Å². The van der Waals surface area contributed by atoms with Gasteiger partial charge < -0.3 is 16.0 Å². The second-order valence-electron chi connectivity index (χ2n) is 4.31. The first kappa shape index (κ1) is 15.7. The molecule has 1 heterocycles. The Morgan fingerprint density at radius 3 is 2.90 bits per heavy atom. The highest BCUT2D eigenvalue weighted by molar-refractivity contribution is 9.10. The molecule has 1 aromatic carbocycles. The van der Waals surface area contributed by atoms with Crippen molar-refractivity contribution < 1.29 is 9.18 Å². The van der Waals surface area contributed by atoms with Crippen LogP contribution in [0.25, 0.3) is 0 Å². The molecular weight excluding hydrogens is 359 g/mol. The highest BCUT2D eigenvalue weighted by Crippen LogP contribution is 2.28. The molecule has 1 aromatic heterocycles. The predicted molar refractivity (Wildman–Crippen MR) is 87.5 cm³/mol. The minimum Gasteiger partial charge on any atom is -0.382 e. The highest BCUT2D eigenvalue weighted by Gasteiger charge is 2.18. The van der Waals surface area contributed by atoms with Crippen molar-refractivity contribution in [1.82, 2.24) is 4.98 Å². The summed E-state index contributed by atoms with van der Waals surface area (Å²) in [6, 6.07) is 4.24. The summed E-state index contributed by atoms with van der Waals surface area (Å²) in [5.41, 5.74) is 6.26. The van der Waals surface area contributed by atoms with Crippen molar-refractivity contribution in [2.75, 3.05) is 29.5 Å². The van der Waals surface area contributed by atoms with Crippen LogP contribution in [0.15, 0.2) is 22.7 Å². The van der Waals surface area contributed by atoms with Crippen molar-refractivity contribution in [1.29, 1.82) is 0 Å². The summed E-state index contributed by atoms with van der Waals surface area (Å²) in [6.45, 7) is 2.74. The third kappa shape index (κ3) is 3.51. The Labute approximate surface area is 134 Å². The molecule has 0 bridgehead atoms. The Morgan fingerprint density at radius 2 is 2.29 bits per heavy atom. The van der Waals surface area contributed by atoms with E-state index in [9.17, 15) is 9.18 Å². The van der Waals surface area contributed by atoms with Gasteiger partial charge in [-0.15, -0.1) is 0 Å². The van der Waals surface area contributed by atoms with E-state index in [1.54, 1.807) is 0 Å². The minimum absolute atomic E-state index is 0.189. The number of carbonyl (C=O) groups is 1. The lowest BCUT2D eigenvalue weighted by molar-refractivity contribution is 0.103. The number of halogens is 2. The van der Waals surface area contributed by atoms with E-state index in [2.05, 4.69) is 26.2 Å². The van der Waals surface area contributed by atoms with Gasteiger partial charge in [-0.05, 0) is 41.1 Å². The number of thiazole rings is 1. The van der Waals surface area contributed by atoms with Crippen LogP contribution >= 0.6 is 27.3 Å². The van der Waals surface area contributed by atoms with Gasteiger partial charge >= 0.3 is 0 Å². The smallest absolute Gasteiger partial charge is 0.269 e. The zero-order chi connectivity index (χ0) is 15.6. The molecule has 2 aromatic rings. The van der Waals surface area contributed by atoms with E-state index < -0.39 is 5.82 Å². The first-order valence-electron chi connectivity index (χ1n) is 6.16. The van der Waals surface area contributed by atoms with Crippen LogP contribution in [0.3, 0.4) is 0 Å². The first-order valence-corrected chi connectivity index (χ1v) is 7.77. The molecule has 2 rings (SSSR count). The van der Waals surface area contributed by atoms with Crippen LogP contribution in [0.5, 0.6) is 0 Å². The Morgan fingerprint density at radius 1 is 1.57 bits per heavy atom. The van der Waals surface area contributed by atoms with Gasteiger partial charge in [0.2, 0.25) is 0 Å². The maximum atomic E-state index is 13.2. The largest absolute Gasteiger partial charge is 0.382 e. The number of nitrogens with two attached hydrogens (primary N) is 1. The van der Waals surface area contributed by atoms with E-state index in [4.69, 9.17) is 5.73 Å². The van der Waals surface area contributed by atoms with Crippen LogP contribution in [0.4, 0.5) is 21.0 Å². The SMILES string of the molecule is CCN(C)c1nc(N)c(C(=O)Nc2ccc(F)c(Br)c2)s1. The Kier molecular flexibility index (Phi) is 4.79. The van der Waals surface area contributed by atoms with Gasteiger partial charge in [-0.25, -0.2) is 9.37 Å². The van der Waals surface area contributed by atoms with Crippen LogP contribution in [0.2, 0.25) is 0 Å². The molecule has 8 heteroatoms. The van der Waals surface area contributed by atoms with Crippen LogP contribution in [-0.2, 0) is 0 Å². The standard InChI is InChI=1S/C13H14BrFN4OS/c1-3-19(2)13-18-11(16)10(21-13)12(20)17-7-4-5-9(15)8(14)6-7/h4-6H,3,16H2,1-2H3,(H,17,20). The van der Waals surface area contributed by atoms with E-state index in [0.29, 0.717) is 15.7 Å². The molecule has 0 aliphatic heterocycles. The maximum absolute atomic E-state index is 13.2. The molecule has 5 nitrogen and oxygen atoms in total. The number of nitrogen functional groups attached to an aromatic ring is 1. The van der Waals surface area contributed by atoms with Crippen molar-refractivity contribution in [3.63, 3.8) is 0 Å². The Balaban J connectivity index is 2.20. The molecule has 1 amide bonds. The minimum atomic E-state index is -0.392. The second-order valence-corrected chi connectivity index (χ2v) is 6.14. The van der Waals surface area contributed by atoms with E-state index in [1.165, 1.54) is 29.5 Å². The summed E-state index contributed by atoms with van der Waals surface area (Å²) in [6.07, 6.45) is 0. The van der Waals surface area contributed by atoms with Gasteiger partial charge in [-0.1, -0.05) is 11.3 Å². The topological polar surface area (TPSA) is 71.2 Å². The predicted octanol–water partition coefficient (Wildman–Crippen LogP) is 3.34. The van der Waals surface area contributed by atoms with E-state index >= 15 is 0 Å². The molecule has 0 spiro atoms. The van der Waals surface area contributed by atoms with Gasteiger partial charge in [0.25, 0.3) is 5.91 Å². The number of aromatic nitrogens is 1. The fourth-order valence-corrected chi connectivity index (χ4v) is 2.83. The van der Waals surface area contributed by atoms with Crippen LogP contribution in [0, 0.1) is 5.82 Å². The number of carbonyl (C=O) groups excluding carboxylic acids is 1. The average molecular weight is 373 g/mol. The molecule has 3 N–H and O–H groups in total. The van der Waals surface area contributed by atoms with Crippen molar-refractivity contribution in [3.05, 3.63) is 33.4 Å². The fraction of sp³-hybridized carbons (Fsp3) is 0.231. The normalized spacial score (nSPS) is 10.5. The number of nitrogens with zero attached hydrogens (tertiary/aromatic N) is 2. The van der Waals surface area contributed by atoms with E-state index in [1.807, 2.05) is 18.9 Å². The van der Waals surface area contributed by atoms with E-state index in [-0.39, 0.29) is 16.2 Å². The molecule has 0 fully saturated rings. The van der Waals surface area contributed by atoms with Crippen molar-refractivity contribution in [2.24, 2.45) is 0 Å². The third-order valence-electron chi connectivity index (χ3n) is 2.83. The van der Waals surface area contributed by atoms with Gasteiger partial charge in [0, 0.05) is 19.3 Å². The van der Waals surface area contributed by atoms with Crippen LogP contribution in [-0.4, -0.2) is 24.5 Å². The third-order valence-corrected chi connectivity index (χ3v) is 4.62. The Hall–Kier alpha value is -1.67. The lowest BCUT2D eigenvalue weighted by atomic mass is 10.3. The average Bonchev–Trinajstić information content (AvgIpc) is 2.84. The number of rotatable bonds is 4. The zero-order valence-corrected chi connectivity index (χ0v) is 13.9. The summed E-state index contributed by atoms with van der Waals surface area (Å²) in [4.78, 5) is 18.6. The molecule has 112 valence electrons. The number of hydrogen-bond donors (Lipinski definition) is 2. The summed E-state index contributed by atoms with van der Waals surface area (Å²) in [5.74, 6) is -0.564. The summed E-state index contributed by atoms with van der Waals surface area (Å²) < 4.78 is 13.4. The lowest BCUT2D eigenvalue weighted by Gasteiger charge is -2.10. The zero-order valence-electron chi connectivity index (χ0n) is 11.5. The first-order chi connectivity index (χ1) is 9.92. The van der Waals surface area contributed by atoms with Crippen LogP contribution < -0.4 is 16.0 Å². The van der Waals surface area contributed by atoms with Crippen molar-refractivity contribution >= 4 is 49.8 Å². The molecular formula is C13H14BrFN4OS. The second kappa shape index (κ2) is 6.40. The molecule has 0 unspecified atom stereocenters. The fourth-order valence-electron chi connectivity index (χ4n) is 1.54. The monoisotopic (exact) mass is 372 g/mol. The van der Waals surface area contributed by atoms with Gasteiger partial charge in [0.05, 0.1) is 4.47 Å². The lowest BCUT2D eigenvalue weighted by Crippen LogP contribution is -2.15. The molecule has 0 atom stereocenters. The maximum Gasteiger partial charge on any atom is 0.269 e. The molecule has 0 aliphatic rings. The molecule has 0 saturated heterocycles. The van der Waals surface area contributed by atoms with Gasteiger partial charge in [-0.2, -0.15) is 0 Å². The highest BCUT2D eigenvalue weighted by atomic mass is 79.9. The van der Waals surface area contributed by atoms with Crippen LogP contribution in [0.1, 0.15) is 16.6 Å². The van der Waals surface area contributed by atoms with Crippen molar-refractivity contribution in [3.8, 4) is 0 Å². The summed E-state index contributed by atoms with van der Waals surface area (Å²) in [5, 5.41) is 3.35. The van der Waals surface area contributed by atoms with Crippen molar-refractivity contribution in [2.45, 2.75) is 6.92 Å². The van der Waals surface area contributed by atoms with Gasteiger partial charge in [0.1, 0.15) is 16.5 Å². The number of hydrogen-bond acceptors (Lipinski definition) is 5. The van der Waals surface area contributed by atoms with Gasteiger partial charge in [-0.3, -0.25) is 4.79 Å². The number of anilines is 3. The molecule has 0 saturated carbocycles. The Bertz CT molecular complexity index is 676. The molecule has 0 radical (unpaired) electrons. The quantitative estimate of drug-likeness (QED) is 0.863. The summed E-state index contributed by atoms with van der Waals surface area (Å²) >= 11 is 4.29. The molecule has 0 aliphatic carbocycles. The summed E-state index contributed by atoms with van der Waals surface area (Å²) in [7, 11) is 1.87. The molecule has 21 heavy (non-hydrogen) atoms. The van der Waals surface area contributed by atoms with E-state index in [0.717, 1.165) is 6.54 Å².